The van der Waals surface area contributed by atoms with Crippen molar-refractivity contribution in [1.82, 2.24) is 0 Å². The first-order valence-electron chi connectivity index (χ1n) is 9.43. The normalized spacial score (nSPS) is 19.5. The molecular weight excluding hydrogens is 404 g/mol. The minimum absolute atomic E-state index is 0.00599. The summed E-state index contributed by atoms with van der Waals surface area (Å²) in [4.78, 5) is 54.1. The number of benzene rings is 2. The van der Waals surface area contributed by atoms with Crippen LogP contribution in [0.25, 0.3) is 0 Å². The third-order valence-corrected chi connectivity index (χ3v) is 4.88. The Bertz CT molecular complexity index is 1110. The second kappa shape index (κ2) is 8.39. The van der Waals surface area contributed by atoms with Gasteiger partial charge in [-0.15, -0.1) is 0 Å². The molecule has 1 aliphatic rings. The zero-order valence-electron chi connectivity index (χ0n) is 16.9. The molecule has 0 radical (unpaired) electrons. The number of aromatic carboxylic acids is 2. The van der Waals surface area contributed by atoms with Gasteiger partial charge in [-0.3, -0.25) is 9.69 Å². The van der Waals surface area contributed by atoms with Crippen LogP contribution in [0.15, 0.2) is 53.5 Å². The molecule has 0 aromatic heterocycles. The van der Waals surface area contributed by atoms with Crippen molar-refractivity contribution in [3.8, 4) is 0 Å². The van der Waals surface area contributed by atoms with E-state index in [1.807, 2.05) is 0 Å². The summed E-state index contributed by atoms with van der Waals surface area (Å²) in [5.74, 6) is -3.57. The fourth-order valence-corrected chi connectivity index (χ4v) is 3.42. The van der Waals surface area contributed by atoms with E-state index in [2.05, 4.69) is 4.99 Å². The molecule has 1 aliphatic heterocycles. The highest BCUT2D eigenvalue weighted by Crippen LogP contribution is 2.36. The molecule has 1 unspecified atom stereocenters. The van der Waals surface area contributed by atoms with Crippen molar-refractivity contribution in [2.75, 3.05) is 11.5 Å². The lowest BCUT2D eigenvalue weighted by Crippen LogP contribution is -2.50. The van der Waals surface area contributed by atoms with Gasteiger partial charge in [-0.25, -0.2) is 19.4 Å². The molecule has 0 aliphatic carbocycles. The second-order valence-electron chi connectivity index (χ2n) is 7.08. The van der Waals surface area contributed by atoms with E-state index >= 15 is 0 Å². The summed E-state index contributed by atoms with van der Waals surface area (Å²) < 4.78 is 5.17. The predicted molar refractivity (Wildman–Crippen MR) is 111 cm³/mol. The predicted octanol–water partition coefficient (Wildman–Crippen LogP) is 2.91. The van der Waals surface area contributed by atoms with E-state index in [0.717, 1.165) is 0 Å². The molecular formula is C22H20N2O7. The number of ether oxygens (including phenoxy) is 1. The van der Waals surface area contributed by atoms with Crippen LogP contribution in [0.2, 0.25) is 0 Å². The van der Waals surface area contributed by atoms with Gasteiger partial charge in [0.25, 0.3) is 5.91 Å². The van der Waals surface area contributed by atoms with Crippen molar-refractivity contribution >= 4 is 40.9 Å². The number of rotatable bonds is 6. The van der Waals surface area contributed by atoms with Gasteiger partial charge in [0.2, 0.25) is 0 Å². The summed E-state index contributed by atoms with van der Waals surface area (Å²) in [6.07, 6.45) is -0.0980. The zero-order chi connectivity index (χ0) is 22.8. The molecule has 1 fully saturated rings. The number of anilines is 1. The van der Waals surface area contributed by atoms with Crippen molar-refractivity contribution < 1.29 is 34.1 Å². The number of hydrogen-bond acceptors (Lipinski definition) is 6. The van der Waals surface area contributed by atoms with Gasteiger partial charge < -0.3 is 14.9 Å². The first-order valence-corrected chi connectivity index (χ1v) is 9.43. The third kappa shape index (κ3) is 4.16. The smallest absolute Gasteiger partial charge is 0.335 e. The van der Waals surface area contributed by atoms with Crippen LogP contribution in [0.1, 0.15) is 41.0 Å². The van der Waals surface area contributed by atoms with Crippen LogP contribution in [-0.2, 0) is 14.3 Å². The van der Waals surface area contributed by atoms with E-state index < -0.39 is 29.4 Å². The molecule has 0 spiro atoms. The largest absolute Gasteiger partial charge is 0.478 e. The number of amides is 1. The minimum Gasteiger partial charge on any atom is -0.478 e. The van der Waals surface area contributed by atoms with Crippen molar-refractivity contribution in [3.05, 3.63) is 59.7 Å². The first kappa shape index (κ1) is 21.7. The summed E-state index contributed by atoms with van der Waals surface area (Å²) in [6, 6.07) is 11.4. The van der Waals surface area contributed by atoms with E-state index in [0.29, 0.717) is 0 Å². The third-order valence-electron chi connectivity index (χ3n) is 4.88. The van der Waals surface area contributed by atoms with Crippen LogP contribution in [0.5, 0.6) is 0 Å². The number of nitrogens with zero attached hydrogens (tertiary/aromatic N) is 2. The lowest BCUT2D eigenvalue weighted by molar-refractivity contribution is -0.149. The minimum atomic E-state index is -1.45. The molecule has 0 bridgehead atoms. The summed E-state index contributed by atoms with van der Waals surface area (Å²) in [7, 11) is 0. The molecule has 31 heavy (non-hydrogen) atoms. The highest BCUT2D eigenvalue weighted by atomic mass is 16.5. The Balaban J connectivity index is 2.10. The van der Waals surface area contributed by atoms with Crippen LogP contribution in [0, 0.1) is 0 Å². The number of carbonyl (C=O) groups is 4. The Labute approximate surface area is 177 Å². The van der Waals surface area contributed by atoms with Crippen LogP contribution >= 0.6 is 0 Å². The highest BCUT2D eigenvalue weighted by molar-refractivity contribution is 6.48. The molecule has 0 saturated carbocycles. The van der Waals surface area contributed by atoms with Crippen molar-refractivity contribution in [3.63, 3.8) is 0 Å². The Morgan fingerprint density at radius 1 is 1.06 bits per heavy atom. The van der Waals surface area contributed by atoms with Crippen LogP contribution in [0.3, 0.4) is 0 Å². The Morgan fingerprint density at radius 3 is 2.29 bits per heavy atom. The summed E-state index contributed by atoms with van der Waals surface area (Å²) in [6.45, 7) is 3.26. The molecule has 1 heterocycles. The molecule has 1 saturated heterocycles. The van der Waals surface area contributed by atoms with Crippen LogP contribution in [-0.4, -0.2) is 51.9 Å². The molecule has 2 aromatic carbocycles. The fraction of sp³-hybridized carbons (Fsp3) is 0.227. The number of carbonyl (C=O) groups excluding carboxylic acids is 2. The monoisotopic (exact) mass is 424 g/mol. The first-order chi connectivity index (χ1) is 14.7. The Morgan fingerprint density at radius 2 is 1.68 bits per heavy atom. The Hall–Kier alpha value is -4.01. The molecule has 1 amide bonds. The van der Waals surface area contributed by atoms with Crippen LogP contribution in [0.4, 0.5) is 11.4 Å². The molecule has 3 rings (SSSR count). The molecule has 2 aromatic rings. The molecule has 1 atom stereocenters. The number of esters is 1. The standard InChI is InChI=1S/C22H20N2O7/c1-3-31-21(30)22(2)12-17(23-15-8-4-6-13(10-15)19(26)27)18(25)24(22)16-9-5-7-14(11-16)20(28)29/h4-11H,3,12H2,1-2H3,(H,26,27)(H,28,29). The molecule has 9 nitrogen and oxygen atoms in total. The van der Waals surface area contributed by atoms with Gasteiger partial charge in [0, 0.05) is 12.1 Å². The Kier molecular flexibility index (Phi) is 5.87. The van der Waals surface area contributed by atoms with Gasteiger partial charge in [0.15, 0.2) is 0 Å². The quantitative estimate of drug-likeness (QED) is 0.681. The number of carboxylic acids is 2. The summed E-state index contributed by atoms with van der Waals surface area (Å²) in [5, 5.41) is 18.5. The molecule has 2 N–H and O–H groups in total. The van der Waals surface area contributed by atoms with Crippen molar-refractivity contribution in [2.45, 2.75) is 25.8 Å². The topological polar surface area (TPSA) is 134 Å². The van der Waals surface area contributed by atoms with E-state index in [1.165, 1.54) is 54.3 Å². The summed E-state index contributed by atoms with van der Waals surface area (Å²) >= 11 is 0. The molecule has 160 valence electrons. The summed E-state index contributed by atoms with van der Waals surface area (Å²) in [5.41, 5.74) is -1.00. The average Bonchev–Trinajstić information content (AvgIpc) is 2.99. The van der Waals surface area contributed by atoms with Crippen molar-refractivity contribution in [1.29, 1.82) is 0 Å². The van der Waals surface area contributed by atoms with Gasteiger partial charge in [0.1, 0.15) is 11.3 Å². The maximum atomic E-state index is 13.3. The fourth-order valence-electron chi connectivity index (χ4n) is 3.42. The van der Waals surface area contributed by atoms with E-state index in [4.69, 9.17) is 9.84 Å². The van der Waals surface area contributed by atoms with Gasteiger partial charge in [-0.2, -0.15) is 0 Å². The van der Waals surface area contributed by atoms with Gasteiger partial charge >= 0.3 is 17.9 Å². The SMILES string of the molecule is CCOC(=O)C1(C)CC(=Nc2cccc(C(=O)O)c2)C(=O)N1c1cccc(C(=O)O)c1. The number of aliphatic imine (C=N–C) groups is 1. The lowest BCUT2D eigenvalue weighted by atomic mass is 9.97. The van der Waals surface area contributed by atoms with Gasteiger partial charge in [-0.05, 0) is 50.2 Å². The highest BCUT2D eigenvalue weighted by Gasteiger charge is 2.53. The van der Waals surface area contributed by atoms with Gasteiger partial charge in [0.05, 0.1) is 23.4 Å². The van der Waals surface area contributed by atoms with E-state index in [9.17, 15) is 24.3 Å². The van der Waals surface area contributed by atoms with E-state index in [1.54, 1.807) is 13.0 Å². The second-order valence-corrected chi connectivity index (χ2v) is 7.08. The average molecular weight is 424 g/mol. The van der Waals surface area contributed by atoms with E-state index in [-0.39, 0.29) is 41.2 Å². The van der Waals surface area contributed by atoms with Gasteiger partial charge in [-0.1, -0.05) is 12.1 Å². The zero-order valence-corrected chi connectivity index (χ0v) is 16.9. The number of carboxylic acid groups (broad SMARTS) is 2. The van der Waals surface area contributed by atoms with Crippen molar-refractivity contribution in [2.24, 2.45) is 4.99 Å². The number of hydrogen-bond donors (Lipinski definition) is 2. The maximum absolute atomic E-state index is 13.3. The lowest BCUT2D eigenvalue weighted by Gasteiger charge is -2.32. The molecule has 9 heteroatoms. The maximum Gasteiger partial charge on any atom is 0.335 e. The van der Waals surface area contributed by atoms with Crippen LogP contribution < -0.4 is 4.90 Å².